The smallest absolute Gasteiger partial charge is 0.410 e. The largest absolute Gasteiger partial charge is 0.495 e. The molecule has 0 aliphatic carbocycles. The number of β-amino-alcohol motifs (C(OH)–C–C–N with tert-alkyl or cyclic N) is 1. The minimum atomic E-state index is -0.649. The zero-order valence-electron chi connectivity index (χ0n) is 14.2. The maximum Gasteiger partial charge on any atom is 0.410 e. The summed E-state index contributed by atoms with van der Waals surface area (Å²) in [5.74, 6) is 0.549. The predicted octanol–water partition coefficient (Wildman–Crippen LogP) is 2.36. The highest BCUT2D eigenvalue weighted by Crippen LogP contribution is 2.33. The molecule has 1 aliphatic heterocycles. The van der Waals surface area contributed by atoms with Crippen molar-refractivity contribution >= 4 is 11.8 Å². The number of rotatable bonds is 2. The molecule has 1 amide bonds. The fourth-order valence-electron chi connectivity index (χ4n) is 2.77. The van der Waals surface area contributed by atoms with E-state index in [1.54, 1.807) is 18.1 Å². The summed E-state index contributed by atoms with van der Waals surface area (Å²) in [4.78, 5) is 13.7. The van der Waals surface area contributed by atoms with Gasteiger partial charge in [0, 0.05) is 12.5 Å². The monoisotopic (exact) mass is 322 g/mol. The maximum absolute atomic E-state index is 12.1. The number of hydrogen-bond donors (Lipinski definition) is 2. The Morgan fingerprint density at radius 3 is 2.65 bits per heavy atom. The van der Waals surface area contributed by atoms with Gasteiger partial charge in [-0.05, 0) is 44.9 Å². The van der Waals surface area contributed by atoms with Crippen LogP contribution in [-0.4, -0.2) is 48.0 Å². The Hall–Kier alpha value is -1.95. The van der Waals surface area contributed by atoms with Crippen LogP contribution in [0.4, 0.5) is 10.5 Å². The Kier molecular flexibility index (Phi) is 5.04. The molecule has 23 heavy (non-hydrogen) atoms. The highest BCUT2D eigenvalue weighted by molar-refractivity contribution is 5.68. The van der Waals surface area contributed by atoms with Crippen LogP contribution in [0, 0.1) is 0 Å². The second-order valence-electron chi connectivity index (χ2n) is 6.89. The number of ether oxygens (including phenoxy) is 2. The van der Waals surface area contributed by atoms with Gasteiger partial charge in [-0.25, -0.2) is 4.79 Å². The summed E-state index contributed by atoms with van der Waals surface area (Å²) in [5.41, 5.74) is 6.82. The predicted molar refractivity (Wildman–Crippen MR) is 88.6 cm³/mol. The zero-order valence-corrected chi connectivity index (χ0v) is 14.2. The molecule has 1 saturated heterocycles. The minimum Gasteiger partial charge on any atom is -0.495 e. The lowest BCUT2D eigenvalue weighted by molar-refractivity contribution is -0.00153. The van der Waals surface area contributed by atoms with Gasteiger partial charge in [-0.1, -0.05) is 6.07 Å². The lowest BCUT2D eigenvalue weighted by Gasteiger charge is -2.37. The van der Waals surface area contributed by atoms with E-state index in [1.807, 2.05) is 32.9 Å². The summed E-state index contributed by atoms with van der Waals surface area (Å²) in [7, 11) is 1.57. The van der Waals surface area contributed by atoms with E-state index in [0.717, 1.165) is 5.56 Å². The standard InChI is InChI=1S/C17H26N2O4/c1-17(2,3)23-16(21)19-8-7-12(14(20)10-19)11-5-6-13(18)15(9-11)22-4/h5-6,9,12,14,20H,7-8,10,18H2,1-4H3/t12-,14-/m0/s1. The number of amides is 1. The number of anilines is 1. The first-order valence-corrected chi connectivity index (χ1v) is 7.80. The van der Waals surface area contributed by atoms with E-state index >= 15 is 0 Å². The van der Waals surface area contributed by atoms with Crippen molar-refractivity contribution in [1.82, 2.24) is 4.90 Å². The van der Waals surface area contributed by atoms with E-state index in [1.165, 1.54) is 0 Å². The summed E-state index contributed by atoms with van der Waals surface area (Å²) in [6.07, 6.45) is -0.373. The summed E-state index contributed by atoms with van der Waals surface area (Å²) < 4.78 is 10.6. The molecule has 1 aliphatic rings. The van der Waals surface area contributed by atoms with Crippen LogP contribution in [0.25, 0.3) is 0 Å². The fourth-order valence-corrected chi connectivity index (χ4v) is 2.77. The van der Waals surface area contributed by atoms with Crippen LogP contribution in [0.15, 0.2) is 18.2 Å². The molecule has 0 bridgehead atoms. The number of carbonyl (C=O) groups is 1. The van der Waals surface area contributed by atoms with Crippen LogP contribution >= 0.6 is 0 Å². The molecule has 1 aromatic rings. The van der Waals surface area contributed by atoms with Gasteiger partial charge in [-0.3, -0.25) is 0 Å². The Bertz CT molecular complexity index is 568. The average Bonchev–Trinajstić information content (AvgIpc) is 2.46. The normalized spacial score (nSPS) is 21.9. The van der Waals surface area contributed by atoms with Gasteiger partial charge in [0.15, 0.2) is 0 Å². The first-order valence-electron chi connectivity index (χ1n) is 7.80. The molecule has 0 spiro atoms. The van der Waals surface area contributed by atoms with Crippen molar-refractivity contribution < 1.29 is 19.4 Å². The second-order valence-corrected chi connectivity index (χ2v) is 6.89. The molecule has 1 fully saturated rings. The lowest BCUT2D eigenvalue weighted by Crippen LogP contribution is -2.47. The molecule has 1 aromatic carbocycles. The fraction of sp³-hybridized carbons (Fsp3) is 0.588. The Morgan fingerprint density at radius 1 is 1.39 bits per heavy atom. The summed E-state index contributed by atoms with van der Waals surface area (Å²) in [6, 6.07) is 5.53. The van der Waals surface area contributed by atoms with Gasteiger partial charge in [0.25, 0.3) is 0 Å². The third kappa shape index (κ3) is 4.28. The molecule has 0 radical (unpaired) electrons. The molecule has 3 N–H and O–H groups in total. The van der Waals surface area contributed by atoms with E-state index in [-0.39, 0.29) is 18.6 Å². The van der Waals surface area contributed by atoms with Crippen molar-refractivity contribution in [1.29, 1.82) is 0 Å². The summed E-state index contributed by atoms with van der Waals surface area (Å²) >= 11 is 0. The van der Waals surface area contributed by atoms with Crippen LogP contribution in [0.5, 0.6) is 5.75 Å². The van der Waals surface area contributed by atoms with Crippen LogP contribution in [0.1, 0.15) is 38.7 Å². The third-order valence-electron chi connectivity index (χ3n) is 3.92. The minimum absolute atomic E-state index is 0.0526. The van der Waals surface area contributed by atoms with Crippen molar-refractivity contribution in [2.24, 2.45) is 0 Å². The Labute approximate surface area is 137 Å². The molecular formula is C17H26N2O4. The number of benzene rings is 1. The van der Waals surface area contributed by atoms with Crippen molar-refractivity contribution in [2.45, 2.75) is 44.8 Å². The van der Waals surface area contributed by atoms with Crippen molar-refractivity contribution in [3.63, 3.8) is 0 Å². The van der Waals surface area contributed by atoms with Crippen LogP contribution < -0.4 is 10.5 Å². The number of hydrogen-bond acceptors (Lipinski definition) is 5. The second kappa shape index (κ2) is 6.66. The van der Waals surface area contributed by atoms with Crippen LogP contribution in [0.3, 0.4) is 0 Å². The van der Waals surface area contributed by atoms with Gasteiger partial charge in [-0.15, -0.1) is 0 Å². The Balaban J connectivity index is 2.06. The molecule has 2 atom stereocenters. The first kappa shape index (κ1) is 17.4. The Morgan fingerprint density at radius 2 is 2.09 bits per heavy atom. The lowest BCUT2D eigenvalue weighted by atomic mass is 9.87. The number of piperidine rings is 1. The van der Waals surface area contributed by atoms with E-state index < -0.39 is 11.7 Å². The number of nitrogens with zero attached hydrogens (tertiary/aromatic N) is 1. The highest BCUT2D eigenvalue weighted by Gasteiger charge is 2.33. The number of aliphatic hydroxyl groups is 1. The molecular weight excluding hydrogens is 296 g/mol. The quantitative estimate of drug-likeness (QED) is 0.817. The number of nitrogens with two attached hydrogens (primary N) is 1. The van der Waals surface area contributed by atoms with Gasteiger partial charge in [0.2, 0.25) is 0 Å². The zero-order chi connectivity index (χ0) is 17.2. The molecule has 0 unspecified atom stereocenters. The topological polar surface area (TPSA) is 85.0 Å². The molecule has 0 saturated carbocycles. The molecule has 6 heteroatoms. The van der Waals surface area contributed by atoms with Crippen molar-refractivity contribution in [2.75, 3.05) is 25.9 Å². The van der Waals surface area contributed by atoms with Crippen molar-refractivity contribution in [3.8, 4) is 5.75 Å². The highest BCUT2D eigenvalue weighted by atomic mass is 16.6. The number of methoxy groups -OCH3 is 1. The van der Waals surface area contributed by atoms with Crippen molar-refractivity contribution in [3.05, 3.63) is 23.8 Å². The molecule has 1 heterocycles. The molecule has 128 valence electrons. The SMILES string of the molecule is COc1cc([C@@H]2CCN(C(=O)OC(C)(C)C)C[C@@H]2O)ccc1N. The van der Waals surface area contributed by atoms with E-state index in [4.69, 9.17) is 15.2 Å². The van der Waals surface area contributed by atoms with Crippen LogP contribution in [-0.2, 0) is 4.74 Å². The molecule has 2 rings (SSSR count). The molecule has 6 nitrogen and oxygen atoms in total. The first-order chi connectivity index (χ1) is 10.7. The van der Waals surface area contributed by atoms with E-state index in [9.17, 15) is 9.90 Å². The maximum atomic E-state index is 12.1. The van der Waals surface area contributed by atoms with Gasteiger partial charge in [0.05, 0.1) is 25.4 Å². The number of nitrogen functional groups attached to an aromatic ring is 1. The average molecular weight is 322 g/mol. The van der Waals surface area contributed by atoms with Gasteiger partial charge in [-0.2, -0.15) is 0 Å². The van der Waals surface area contributed by atoms with Gasteiger partial charge in [0.1, 0.15) is 11.4 Å². The summed E-state index contributed by atoms with van der Waals surface area (Å²) in [6.45, 7) is 6.29. The number of aliphatic hydroxyl groups excluding tert-OH is 1. The van der Waals surface area contributed by atoms with E-state index in [0.29, 0.717) is 24.4 Å². The third-order valence-corrected chi connectivity index (χ3v) is 3.92. The number of likely N-dealkylation sites (tertiary alicyclic amines) is 1. The number of carbonyl (C=O) groups excluding carboxylic acids is 1. The van der Waals surface area contributed by atoms with Gasteiger partial charge < -0.3 is 25.2 Å². The van der Waals surface area contributed by atoms with E-state index in [2.05, 4.69) is 0 Å². The van der Waals surface area contributed by atoms with Crippen LogP contribution in [0.2, 0.25) is 0 Å². The summed E-state index contributed by atoms with van der Waals surface area (Å²) in [5, 5.41) is 10.5. The van der Waals surface area contributed by atoms with Gasteiger partial charge >= 0.3 is 6.09 Å². The molecule has 0 aromatic heterocycles.